The van der Waals surface area contributed by atoms with E-state index in [1.54, 1.807) is 32.4 Å². The quantitative estimate of drug-likeness (QED) is 0.269. The van der Waals surface area contributed by atoms with Gasteiger partial charge in [0.15, 0.2) is 17.5 Å². The first-order chi connectivity index (χ1) is 13.6. The van der Waals surface area contributed by atoms with E-state index >= 15 is 0 Å². The molecular formula is C21H30IN3O4. The summed E-state index contributed by atoms with van der Waals surface area (Å²) in [6.07, 6.45) is -0.106. The highest BCUT2D eigenvalue weighted by molar-refractivity contribution is 14.0. The zero-order chi connectivity index (χ0) is 20.4. The van der Waals surface area contributed by atoms with E-state index < -0.39 is 0 Å². The topological polar surface area (TPSA) is 84.3 Å². The standard InChI is InChI=1S/C21H29N3O4.HI/c1-5-22-21(24-14-16-12-17(26-3)10-11-18(16)25)23-13-15(2)28-20-9-7-6-8-19(20)27-4;/h6-12,15,25H,5,13-14H2,1-4H3,(H2,22,23,24);1H. The number of aliphatic imine (C=N–C) groups is 1. The van der Waals surface area contributed by atoms with E-state index in [-0.39, 0.29) is 35.8 Å². The lowest BCUT2D eigenvalue weighted by Crippen LogP contribution is -2.41. The van der Waals surface area contributed by atoms with Crippen LogP contribution in [0.3, 0.4) is 0 Å². The van der Waals surface area contributed by atoms with Crippen LogP contribution in [0.5, 0.6) is 23.0 Å². The van der Waals surface area contributed by atoms with Crippen molar-refractivity contribution in [1.82, 2.24) is 10.6 Å². The summed E-state index contributed by atoms with van der Waals surface area (Å²) in [4.78, 5) is 4.53. The van der Waals surface area contributed by atoms with Gasteiger partial charge in [-0.2, -0.15) is 0 Å². The Hall–Kier alpha value is -2.36. The lowest BCUT2D eigenvalue weighted by molar-refractivity contribution is 0.213. The van der Waals surface area contributed by atoms with E-state index in [9.17, 15) is 5.11 Å². The van der Waals surface area contributed by atoms with Gasteiger partial charge >= 0.3 is 0 Å². The first kappa shape index (κ1) is 24.7. The molecule has 0 aromatic heterocycles. The fourth-order valence-corrected chi connectivity index (χ4v) is 2.54. The van der Waals surface area contributed by atoms with Crippen molar-refractivity contribution < 1.29 is 19.3 Å². The summed E-state index contributed by atoms with van der Waals surface area (Å²) >= 11 is 0. The lowest BCUT2D eigenvalue weighted by Gasteiger charge is -2.19. The van der Waals surface area contributed by atoms with E-state index in [1.165, 1.54) is 0 Å². The third-order valence-corrected chi connectivity index (χ3v) is 3.99. The van der Waals surface area contributed by atoms with Crippen LogP contribution >= 0.6 is 24.0 Å². The van der Waals surface area contributed by atoms with Crippen LogP contribution in [0.1, 0.15) is 19.4 Å². The Bertz CT molecular complexity index is 786. The van der Waals surface area contributed by atoms with Crippen molar-refractivity contribution in [3.63, 3.8) is 0 Å². The van der Waals surface area contributed by atoms with Gasteiger partial charge < -0.3 is 30.0 Å². The van der Waals surface area contributed by atoms with Crippen molar-refractivity contribution in [3.8, 4) is 23.0 Å². The first-order valence-electron chi connectivity index (χ1n) is 9.25. The zero-order valence-electron chi connectivity index (χ0n) is 17.3. The minimum absolute atomic E-state index is 0. The maximum atomic E-state index is 10.0. The van der Waals surface area contributed by atoms with E-state index in [0.717, 1.165) is 6.54 Å². The number of methoxy groups -OCH3 is 2. The maximum absolute atomic E-state index is 10.0. The molecule has 0 amide bonds. The van der Waals surface area contributed by atoms with Gasteiger partial charge in [0.1, 0.15) is 17.6 Å². The molecule has 0 bridgehead atoms. The average molecular weight is 515 g/mol. The summed E-state index contributed by atoms with van der Waals surface area (Å²) in [6.45, 7) is 5.55. The summed E-state index contributed by atoms with van der Waals surface area (Å²) in [5.41, 5.74) is 0.690. The molecule has 7 nitrogen and oxygen atoms in total. The van der Waals surface area contributed by atoms with Crippen LogP contribution in [-0.4, -0.2) is 44.5 Å². The number of halogens is 1. The first-order valence-corrected chi connectivity index (χ1v) is 9.25. The number of ether oxygens (including phenoxy) is 3. The molecule has 29 heavy (non-hydrogen) atoms. The van der Waals surface area contributed by atoms with Gasteiger partial charge in [-0.15, -0.1) is 24.0 Å². The van der Waals surface area contributed by atoms with Crippen LogP contribution in [0, 0.1) is 0 Å². The van der Waals surface area contributed by atoms with Crippen LogP contribution in [0.2, 0.25) is 0 Å². The molecule has 160 valence electrons. The van der Waals surface area contributed by atoms with Crippen molar-refractivity contribution in [1.29, 1.82) is 0 Å². The maximum Gasteiger partial charge on any atom is 0.191 e. The van der Waals surface area contributed by atoms with Crippen LogP contribution in [-0.2, 0) is 6.54 Å². The molecule has 2 rings (SSSR count). The minimum Gasteiger partial charge on any atom is -0.508 e. The highest BCUT2D eigenvalue weighted by Gasteiger charge is 2.10. The number of phenolic OH excluding ortho intramolecular Hbond substituents is 1. The number of hydrogen-bond acceptors (Lipinski definition) is 5. The second kappa shape index (κ2) is 13.0. The van der Waals surface area contributed by atoms with Gasteiger partial charge in [-0.05, 0) is 44.2 Å². The van der Waals surface area contributed by atoms with Gasteiger partial charge in [0.25, 0.3) is 0 Å². The van der Waals surface area contributed by atoms with E-state index in [4.69, 9.17) is 14.2 Å². The predicted molar refractivity (Wildman–Crippen MR) is 126 cm³/mol. The number of nitrogens with zero attached hydrogens (tertiary/aromatic N) is 1. The third kappa shape index (κ3) is 7.88. The summed E-state index contributed by atoms with van der Waals surface area (Å²) in [5, 5.41) is 16.5. The largest absolute Gasteiger partial charge is 0.508 e. The molecule has 2 aromatic rings. The number of rotatable bonds is 9. The van der Waals surface area contributed by atoms with E-state index in [1.807, 2.05) is 38.1 Å². The van der Waals surface area contributed by atoms with Gasteiger partial charge in [0.05, 0.1) is 27.3 Å². The fourth-order valence-electron chi connectivity index (χ4n) is 2.54. The molecule has 0 aliphatic rings. The number of hydrogen-bond donors (Lipinski definition) is 3. The molecule has 2 aromatic carbocycles. The Balaban J connectivity index is 0.00000420. The molecule has 0 saturated heterocycles. The summed E-state index contributed by atoms with van der Waals surface area (Å²) in [7, 11) is 3.21. The lowest BCUT2D eigenvalue weighted by atomic mass is 10.2. The second-order valence-electron chi connectivity index (χ2n) is 6.15. The molecule has 0 aliphatic carbocycles. The number of para-hydroxylation sites is 2. The summed E-state index contributed by atoms with van der Waals surface area (Å²) < 4.78 is 16.5. The van der Waals surface area contributed by atoms with Gasteiger partial charge in [0, 0.05) is 12.1 Å². The highest BCUT2D eigenvalue weighted by Crippen LogP contribution is 2.26. The second-order valence-corrected chi connectivity index (χ2v) is 6.15. The number of aromatic hydroxyl groups is 1. The molecule has 3 N–H and O–H groups in total. The SMILES string of the molecule is CCNC(=NCc1cc(OC)ccc1O)NCC(C)Oc1ccccc1OC.I. The Morgan fingerprint density at radius 3 is 2.45 bits per heavy atom. The molecular weight excluding hydrogens is 485 g/mol. The van der Waals surface area contributed by atoms with Crippen molar-refractivity contribution in [2.24, 2.45) is 4.99 Å². The average Bonchev–Trinajstić information content (AvgIpc) is 2.71. The summed E-state index contributed by atoms with van der Waals surface area (Å²) in [5.74, 6) is 2.90. The molecule has 1 atom stereocenters. The molecule has 0 saturated carbocycles. The molecule has 8 heteroatoms. The molecule has 0 radical (unpaired) electrons. The van der Waals surface area contributed by atoms with Crippen LogP contribution in [0.15, 0.2) is 47.5 Å². The minimum atomic E-state index is -0.106. The zero-order valence-corrected chi connectivity index (χ0v) is 19.6. The van der Waals surface area contributed by atoms with Gasteiger partial charge in [-0.25, -0.2) is 4.99 Å². The van der Waals surface area contributed by atoms with E-state index in [0.29, 0.717) is 41.9 Å². The third-order valence-electron chi connectivity index (χ3n) is 3.99. The Morgan fingerprint density at radius 2 is 1.79 bits per heavy atom. The fraction of sp³-hybridized carbons (Fsp3) is 0.381. The number of guanidine groups is 1. The smallest absolute Gasteiger partial charge is 0.191 e. The van der Waals surface area contributed by atoms with Crippen LogP contribution in [0.4, 0.5) is 0 Å². The number of benzene rings is 2. The molecule has 0 fully saturated rings. The van der Waals surface area contributed by atoms with Gasteiger partial charge in [-0.1, -0.05) is 12.1 Å². The van der Waals surface area contributed by atoms with Crippen molar-refractivity contribution in [2.75, 3.05) is 27.3 Å². The van der Waals surface area contributed by atoms with Crippen molar-refractivity contribution in [3.05, 3.63) is 48.0 Å². The Morgan fingerprint density at radius 1 is 1.07 bits per heavy atom. The van der Waals surface area contributed by atoms with Gasteiger partial charge in [-0.3, -0.25) is 0 Å². The van der Waals surface area contributed by atoms with Gasteiger partial charge in [0.2, 0.25) is 0 Å². The number of phenols is 1. The Labute approximate surface area is 189 Å². The van der Waals surface area contributed by atoms with Crippen LogP contribution in [0.25, 0.3) is 0 Å². The van der Waals surface area contributed by atoms with Crippen LogP contribution < -0.4 is 24.8 Å². The Kier molecular flexibility index (Phi) is 11.0. The number of nitrogens with one attached hydrogen (secondary N) is 2. The summed E-state index contributed by atoms with van der Waals surface area (Å²) in [6, 6.07) is 12.6. The van der Waals surface area contributed by atoms with E-state index in [2.05, 4.69) is 15.6 Å². The molecule has 0 heterocycles. The van der Waals surface area contributed by atoms with Crippen molar-refractivity contribution in [2.45, 2.75) is 26.5 Å². The molecule has 0 spiro atoms. The molecule has 0 aliphatic heterocycles. The normalized spacial score (nSPS) is 11.8. The highest BCUT2D eigenvalue weighted by atomic mass is 127. The molecule has 1 unspecified atom stereocenters. The van der Waals surface area contributed by atoms with Crippen molar-refractivity contribution >= 4 is 29.9 Å². The predicted octanol–water partition coefficient (Wildman–Crippen LogP) is 3.55. The monoisotopic (exact) mass is 515 g/mol.